The van der Waals surface area contributed by atoms with Crippen LogP contribution in [0.1, 0.15) is 19.3 Å². The minimum atomic E-state index is -3.86. The van der Waals surface area contributed by atoms with Crippen LogP contribution < -0.4 is 10.5 Å². The van der Waals surface area contributed by atoms with Crippen molar-refractivity contribution in [2.45, 2.75) is 30.2 Å². The summed E-state index contributed by atoms with van der Waals surface area (Å²) in [6, 6.07) is 17.4. The Labute approximate surface area is 215 Å². The third kappa shape index (κ3) is 4.34. The van der Waals surface area contributed by atoms with Gasteiger partial charge in [-0.15, -0.1) is 11.3 Å². The van der Waals surface area contributed by atoms with Crippen LogP contribution in [0.2, 0.25) is 0 Å². The molecule has 36 heavy (non-hydrogen) atoms. The molecule has 0 bridgehead atoms. The van der Waals surface area contributed by atoms with E-state index in [-0.39, 0.29) is 10.9 Å². The molecular formula is C27H30N4O3S2. The van der Waals surface area contributed by atoms with Crippen LogP contribution in [-0.2, 0) is 10.0 Å². The van der Waals surface area contributed by atoms with Crippen molar-refractivity contribution in [3.63, 3.8) is 0 Å². The molecule has 2 saturated heterocycles. The Balaban J connectivity index is 1.11. The fraction of sp³-hybridized carbons (Fsp3) is 0.370. The lowest BCUT2D eigenvalue weighted by Gasteiger charge is -2.37. The third-order valence-corrected chi connectivity index (χ3v) is 10.4. The highest BCUT2D eigenvalue weighted by molar-refractivity contribution is 7.89. The normalized spacial score (nSPS) is 20.0. The van der Waals surface area contributed by atoms with Gasteiger partial charge in [-0.2, -0.15) is 4.31 Å². The number of sulfonamides is 1. The molecule has 2 aromatic carbocycles. The minimum absolute atomic E-state index is 0.0709. The van der Waals surface area contributed by atoms with Gasteiger partial charge in [-0.25, -0.2) is 8.42 Å². The molecule has 0 amide bonds. The number of nitrogens with one attached hydrogen (secondary N) is 1. The van der Waals surface area contributed by atoms with Gasteiger partial charge >= 0.3 is 0 Å². The number of hydrogen-bond acceptors (Lipinski definition) is 6. The molecule has 2 aliphatic heterocycles. The number of para-hydroxylation sites is 1. The molecule has 6 rings (SSSR count). The standard InChI is InChI=1S/C27H30N4O3S2/c32-27-26(19-20-5-1-2-7-23(20)28-27)36(33,34)31-12-4-6-21(31)10-13-29-14-16-30(17-15-29)24-8-3-9-25-22(24)11-18-35-25/h1-3,5,7-9,11,18-19,21H,4,6,10,12-17H2,(H,28,32)/t21-/m0/s1. The van der Waals surface area contributed by atoms with E-state index >= 15 is 0 Å². The van der Waals surface area contributed by atoms with Gasteiger partial charge in [-0.3, -0.25) is 9.69 Å². The van der Waals surface area contributed by atoms with Gasteiger partial charge in [0, 0.05) is 60.1 Å². The van der Waals surface area contributed by atoms with Crippen LogP contribution in [0, 0.1) is 0 Å². The van der Waals surface area contributed by atoms with E-state index in [0.29, 0.717) is 12.1 Å². The van der Waals surface area contributed by atoms with E-state index in [1.165, 1.54) is 21.8 Å². The Morgan fingerprint density at radius 1 is 0.972 bits per heavy atom. The van der Waals surface area contributed by atoms with Crippen LogP contribution in [0.25, 0.3) is 21.0 Å². The SMILES string of the molecule is O=c1[nH]c2ccccc2cc1S(=O)(=O)N1CCC[C@H]1CCN1CCN(c2cccc3sccc23)CC1. The van der Waals surface area contributed by atoms with Crippen molar-refractivity contribution in [3.8, 4) is 0 Å². The van der Waals surface area contributed by atoms with E-state index in [1.54, 1.807) is 21.7 Å². The molecule has 0 radical (unpaired) electrons. The van der Waals surface area contributed by atoms with Gasteiger partial charge < -0.3 is 9.88 Å². The molecule has 1 atom stereocenters. The molecular weight excluding hydrogens is 492 g/mol. The first-order chi connectivity index (χ1) is 17.5. The van der Waals surface area contributed by atoms with Gasteiger partial charge in [-0.05, 0) is 66.9 Å². The topological polar surface area (TPSA) is 76.7 Å². The minimum Gasteiger partial charge on any atom is -0.368 e. The first-order valence-electron chi connectivity index (χ1n) is 12.6. The lowest BCUT2D eigenvalue weighted by molar-refractivity contribution is 0.232. The van der Waals surface area contributed by atoms with Crippen LogP contribution in [0.5, 0.6) is 0 Å². The highest BCUT2D eigenvalue weighted by Crippen LogP contribution is 2.32. The number of aromatic nitrogens is 1. The highest BCUT2D eigenvalue weighted by Gasteiger charge is 2.37. The van der Waals surface area contributed by atoms with Crippen LogP contribution in [-0.4, -0.2) is 67.9 Å². The average molecular weight is 523 g/mol. The van der Waals surface area contributed by atoms with Crippen molar-refractivity contribution in [2.75, 3.05) is 44.2 Å². The molecule has 0 unspecified atom stereocenters. The van der Waals surface area contributed by atoms with Gasteiger partial charge in [0.05, 0.1) is 0 Å². The summed E-state index contributed by atoms with van der Waals surface area (Å²) in [7, 11) is -3.86. The van der Waals surface area contributed by atoms with E-state index in [4.69, 9.17) is 0 Å². The summed E-state index contributed by atoms with van der Waals surface area (Å²) in [6.45, 7) is 5.19. The van der Waals surface area contributed by atoms with Crippen molar-refractivity contribution in [2.24, 2.45) is 0 Å². The number of nitrogens with zero attached hydrogens (tertiary/aromatic N) is 3. The van der Waals surface area contributed by atoms with E-state index in [0.717, 1.165) is 57.4 Å². The predicted molar refractivity (Wildman–Crippen MR) is 147 cm³/mol. The van der Waals surface area contributed by atoms with Crippen molar-refractivity contribution in [1.29, 1.82) is 0 Å². The Kier molecular flexibility index (Phi) is 6.33. The van der Waals surface area contributed by atoms with Crippen LogP contribution in [0.15, 0.2) is 69.7 Å². The number of fused-ring (bicyclic) bond motifs is 2. The van der Waals surface area contributed by atoms with Crippen molar-refractivity contribution in [1.82, 2.24) is 14.2 Å². The number of anilines is 1. The smallest absolute Gasteiger partial charge is 0.268 e. The largest absolute Gasteiger partial charge is 0.368 e. The summed E-state index contributed by atoms with van der Waals surface area (Å²) in [5.41, 5.74) is 1.41. The van der Waals surface area contributed by atoms with Gasteiger partial charge in [0.2, 0.25) is 10.0 Å². The van der Waals surface area contributed by atoms with E-state index in [9.17, 15) is 13.2 Å². The summed E-state index contributed by atoms with van der Waals surface area (Å²) in [5, 5.41) is 4.20. The lowest BCUT2D eigenvalue weighted by Crippen LogP contribution is -2.48. The Bertz CT molecular complexity index is 1550. The van der Waals surface area contributed by atoms with Crippen LogP contribution >= 0.6 is 11.3 Å². The quantitative estimate of drug-likeness (QED) is 0.413. The van der Waals surface area contributed by atoms with Crippen LogP contribution in [0.4, 0.5) is 5.69 Å². The lowest BCUT2D eigenvalue weighted by atomic mass is 10.1. The maximum absolute atomic E-state index is 13.5. The summed E-state index contributed by atoms with van der Waals surface area (Å²) >= 11 is 1.78. The maximum atomic E-state index is 13.5. The fourth-order valence-corrected chi connectivity index (χ4v) is 8.25. The number of benzene rings is 2. The second-order valence-electron chi connectivity index (χ2n) is 9.69. The van der Waals surface area contributed by atoms with Gasteiger partial charge in [-0.1, -0.05) is 24.3 Å². The first-order valence-corrected chi connectivity index (χ1v) is 14.9. The molecule has 188 valence electrons. The first kappa shape index (κ1) is 23.7. The Morgan fingerprint density at radius 2 is 1.81 bits per heavy atom. The number of piperazine rings is 1. The van der Waals surface area contributed by atoms with Crippen molar-refractivity contribution < 1.29 is 8.42 Å². The Hall–Kier alpha value is -2.72. The number of thiophene rings is 1. The fourth-order valence-electron chi connectivity index (χ4n) is 5.66. The summed E-state index contributed by atoms with van der Waals surface area (Å²) < 4.78 is 30.0. The number of hydrogen-bond donors (Lipinski definition) is 1. The molecule has 4 heterocycles. The third-order valence-electron chi connectivity index (χ3n) is 7.59. The summed E-state index contributed by atoms with van der Waals surface area (Å²) in [5.74, 6) is 0. The molecule has 4 aromatic rings. The van der Waals surface area contributed by atoms with Crippen molar-refractivity contribution >= 4 is 48.0 Å². The molecule has 7 nitrogen and oxygen atoms in total. The molecule has 0 saturated carbocycles. The zero-order valence-corrected chi connectivity index (χ0v) is 21.7. The van der Waals surface area contributed by atoms with Gasteiger partial charge in [0.15, 0.2) is 0 Å². The molecule has 1 N–H and O–H groups in total. The molecule has 9 heteroatoms. The average Bonchev–Trinajstić information content (AvgIpc) is 3.57. The van der Waals surface area contributed by atoms with Crippen LogP contribution in [0.3, 0.4) is 0 Å². The zero-order valence-electron chi connectivity index (χ0n) is 20.1. The number of H-pyrrole nitrogens is 1. The predicted octanol–water partition coefficient (Wildman–Crippen LogP) is 4.11. The maximum Gasteiger partial charge on any atom is 0.268 e. The van der Waals surface area contributed by atoms with E-state index < -0.39 is 15.6 Å². The monoisotopic (exact) mass is 522 g/mol. The number of rotatable bonds is 6. The van der Waals surface area contributed by atoms with E-state index in [2.05, 4.69) is 44.4 Å². The molecule has 0 aliphatic carbocycles. The molecule has 2 aliphatic rings. The Morgan fingerprint density at radius 3 is 2.67 bits per heavy atom. The second-order valence-corrected chi connectivity index (χ2v) is 12.5. The van der Waals surface area contributed by atoms with Gasteiger partial charge in [0.1, 0.15) is 4.90 Å². The highest BCUT2D eigenvalue weighted by atomic mass is 32.2. The molecule has 2 fully saturated rings. The number of pyridine rings is 1. The summed E-state index contributed by atoms with van der Waals surface area (Å²) in [6.07, 6.45) is 2.45. The second kappa shape index (κ2) is 9.63. The van der Waals surface area contributed by atoms with Gasteiger partial charge in [0.25, 0.3) is 5.56 Å². The summed E-state index contributed by atoms with van der Waals surface area (Å²) in [4.78, 5) is 20.2. The molecule has 0 spiro atoms. The van der Waals surface area contributed by atoms with Crippen molar-refractivity contribution in [3.05, 3.63) is 70.3 Å². The zero-order chi connectivity index (χ0) is 24.7. The van der Waals surface area contributed by atoms with E-state index in [1.807, 2.05) is 18.2 Å². The number of aromatic amines is 1. The molecule has 2 aromatic heterocycles.